The standard InChI is InChI=1S/C10H12O5S2/c1-3-9-7-5-6-8-10(9)17(13,14)15-16(11,12)4-2/h4-8H,2-3H2,1H3. The highest BCUT2D eigenvalue weighted by atomic mass is 32.3. The van der Waals surface area contributed by atoms with Crippen LogP contribution in [0.1, 0.15) is 12.5 Å². The molecule has 7 heteroatoms. The van der Waals surface area contributed by atoms with Gasteiger partial charge in [-0.3, -0.25) is 0 Å². The SMILES string of the molecule is C=CS(=O)(=O)OS(=O)(=O)c1ccccc1CC. The van der Waals surface area contributed by atoms with Crippen molar-refractivity contribution in [2.24, 2.45) is 0 Å². The van der Waals surface area contributed by atoms with E-state index in [9.17, 15) is 16.8 Å². The van der Waals surface area contributed by atoms with Crippen LogP contribution in [0.15, 0.2) is 41.1 Å². The molecular weight excluding hydrogens is 264 g/mol. The normalized spacial score (nSPS) is 12.3. The summed E-state index contributed by atoms with van der Waals surface area (Å²) in [4.78, 5) is -0.145. The van der Waals surface area contributed by atoms with E-state index in [1.807, 2.05) is 0 Å². The Labute approximate surface area is 101 Å². The van der Waals surface area contributed by atoms with Crippen LogP contribution in [0.4, 0.5) is 0 Å². The first kappa shape index (κ1) is 13.9. The molecule has 0 heterocycles. The van der Waals surface area contributed by atoms with E-state index < -0.39 is 20.2 Å². The van der Waals surface area contributed by atoms with Crippen molar-refractivity contribution in [2.45, 2.75) is 18.2 Å². The maximum Gasteiger partial charge on any atom is 0.311 e. The van der Waals surface area contributed by atoms with Crippen LogP contribution >= 0.6 is 0 Å². The van der Waals surface area contributed by atoms with Gasteiger partial charge in [-0.05, 0) is 18.1 Å². The number of hydrogen-bond acceptors (Lipinski definition) is 5. The van der Waals surface area contributed by atoms with Crippen LogP contribution in [0.25, 0.3) is 0 Å². The number of aryl methyl sites for hydroxylation is 1. The van der Waals surface area contributed by atoms with Gasteiger partial charge in [-0.2, -0.15) is 16.8 Å². The van der Waals surface area contributed by atoms with Crippen LogP contribution in [-0.4, -0.2) is 16.8 Å². The highest BCUT2D eigenvalue weighted by Crippen LogP contribution is 2.20. The topological polar surface area (TPSA) is 77.5 Å². The quantitative estimate of drug-likeness (QED) is 0.813. The first-order valence-corrected chi connectivity index (χ1v) is 7.62. The molecule has 0 radical (unpaired) electrons. The van der Waals surface area contributed by atoms with Gasteiger partial charge in [0.2, 0.25) is 0 Å². The van der Waals surface area contributed by atoms with E-state index in [2.05, 4.69) is 10.2 Å². The summed E-state index contributed by atoms with van der Waals surface area (Å²) in [5.41, 5.74) is 0.492. The molecule has 0 spiro atoms. The molecule has 0 unspecified atom stereocenters. The lowest BCUT2D eigenvalue weighted by molar-refractivity contribution is 0.468. The molecular formula is C10H12O5S2. The molecule has 0 saturated carbocycles. The van der Waals surface area contributed by atoms with Gasteiger partial charge < -0.3 is 0 Å². The van der Waals surface area contributed by atoms with Gasteiger partial charge in [0.25, 0.3) is 0 Å². The van der Waals surface area contributed by atoms with Gasteiger partial charge in [0, 0.05) is 0 Å². The third kappa shape index (κ3) is 3.39. The molecule has 94 valence electrons. The zero-order valence-electron chi connectivity index (χ0n) is 9.16. The fourth-order valence-electron chi connectivity index (χ4n) is 1.23. The Hall–Kier alpha value is -1.18. The van der Waals surface area contributed by atoms with E-state index in [1.165, 1.54) is 12.1 Å². The molecule has 0 N–H and O–H groups in total. The van der Waals surface area contributed by atoms with Crippen LogP contribution in [0.3, 0.4) is 0 Å². The van der Waals surface area contributed by atoms with Crippen molar-refractivity contribution < 1.29 is 20.5 Å². The van der Waals surface area contributed by atoms with Crippen molar-refractivity contribution in [2.75, 3.05) is 0 Å². The highest BCUT2D eigenvalue weighted by Gasteiger charge is 2.24. The van der Waals surface area contributed by atoms with Gasteiger partial charge in [0.05, 0.1) is 10.3 Å². The Kier molecular flexibility index (Phi) is 4.07. The van der Waals surface area contributed by atoms with Crippen molar-refractivity contribution in [1.82, 2.24) is 0 Å². The summed E-state index contributed by atoms with van der Waals surface area (Å²) in [6, 6.07) is 6.05. The molecule has 0 aliphatic carbocycles. The van der Waals surface area contributed by atoms with Gasteiger partial charge in [0.15, 0.2) is 0 Å². The predicted molar refractivity (Wildman–Crippen MR) is 63.2 cm³/mol. The summed E-state index contributed by atoms with van der Waals surface area (Å²) in [5.74, 6) is 0. The molecule has 17 heavy (non-hydrogen) atoms. The van der Waals surface area contributed by atoms with Crippen LogP contribution < -0.4 is 0 Å². The maximum absolute atomic E-state index is 11.7. The van der Waals surface area contributed by atoms with Gasteiger partial charge in [0.1, 0.15) is 0 Å². The van der Waals surface area contributed by atoms with E-state index in [-0.39, 0.29) is 4.90 Å². The van der Waals surface area contributed by atoms with Crippen molar-refractivity contribution in [1.29, 1.82) is 0 Å². The number of hydrogen-bond donors (Lipinski definition) is 0. The summed E-state index contributed by atoms with van der Waals surface area (Å²) in [5, 5.41) is 0.444. The van der Waals surface area contributed by atoms with E-state index >= 15 is 0 Å². The van der Waals surface area contributed by atoms with Crippen LogP contribution in [-0.2, 0) is 30.3 Å². The average Bonchev–Trinajstić information content (AvgIpc) is 2.28. The zero-order chi connectivity index (χ0) is 13.1. The van der Waals surface area contributed by atoms with Gasteiger partial charge in [-0.25, -0.2) is 0 Å². The molecule has 5 nitrogen and oxygen atoms in total. The smallest absolute Gasteiger partial charge is 0.194 e. The Morgan fingerprint density at radius 1 is 1.24 bits per heavy atom. The molecule has 1 aromatic rings. The van der Waals surface area contributed by atoms with Crippen molar-refractivity contribution in [3.8, 4) is 0 Å². The van der Waals surface area contributed by atoms with Crippen LogP contribution in [0, 0.1) is 0 Å². The Balaban J connectivity index is 3.28. The monoisotopic (exact) mass is 276 g/mol. The molecule has 0 aliphatic rings. The molecule has 1 aromatic carbocycles. The summed E-state index contributed by atoms with van der Waals surface area (Å²) in [7, 11) is -8.61. The van der Waals surface area contributed by atoms with Crippen molar-refractivity contribution >= 4 is 20.2 Å². The summed E-state index contributed by atoms with van der Waals surface area (Å²) >= 11 is 0. The first-order chi connectivity index (χ1) is 7.82. The van der Waals surface area contributed by atoms with Crippen LogP contribution in [0.5, 0.6) is 0 Å². The van der Waals surface area contributed by atoms with Crippen molar-refractivity contribution in [3.05, 3.63) is 41.8 Å². The maximum atomic E-state index is 11.7. The minimum absolute atomic E-state index is 0.145. The summed E-state index contributed by atoms with van der Waals surface area (Å²) in [6.07, 6.45) is 0.451. The zero-order valence-corrected chi connectivity index (χ0v) is 10.8. The second-order valence-electron chi connectivity index (χ2n) is 3.14. The summed E-state index contributed by atoms with van der Waals surface area (Å²) in [6.45, 7) is 4.74. The van der Waals surface area contributed by atoms with Gasteiger partial charge in [-0.1, -0.05) is 31.7 Å². The largest absolute Gasteiger partial charge is 0.311 e. The minimum Gasteiger partial charge on any atom is -0.194 e. The van der Waals surface area contributed by atoms with E-state index in [0.717, 1.165) is 0 Å². The first-order valence-electron chi connectivity index (χ1n) is 4.74. The average molecular weight is 276 g/mol. The van der Waals surface area contributed by atoms with E-state index in [1.54, 1.807) is 19.1 Å². The molecule has 0 fully saturated rings. The molecule has 0 aliphatic heterocycles. The predicted octanol–water partition coefficient (Wildman–Crippen LogP) is 1.43. The number of benzene rings is 1. The minimum atomic E-state index is -4.33. The Morgan fingerprint density at radius 3 is 2.35 bits per heavy atom. The van der Waals surface area contributed by atoms with Crippen LogP contribution in [0.2, 0.25) is 0 Å². The third-order valence-electron chi connectivity index (χ3n) is 2.01. The Morgan fingerprint density at radius 2 is 1.82 bits per heavy atom. The molecule has 0 atom stereocenters. The highest BCUT2D eigenvalue weighted by molar-refractivity contribution is 8.01. The van der Waals surface area contributed by atoms with Gasteiger partial charge >= 0.3 is 20.2 Å². The fourth-order valence-corrected chi connectivity index (χ4v) is 3.52. The summed E-state index contributed by atoms with van der Waals surface area (Å²) < 4.78 is 49.7. The second-order valence-corrected chi connectivity index (χ2v) is 6.35. The lowest BCUT2D eigenvalue weighted by Crippen LogP contribution is -2.13. The molecule has 0 amide bonds. The molecule has 1 rings (SSSR count). The third-order valence-corrected chi connectivity index (χ3v) is 4.83. The van der Waals surface area contributed by atoms with E-state index in [0.29, 0.717) is 17.4 Å². The molecule has 0 aromatic heterocycles. The van der Waals surface area contributed by atoms with Gasteiger partial charge in [-0.15, -0.1) is 3.63 Å². The fraction of sp³-hybridized carbons (Fsp3) is 0.200. The Bertz CT molecular complexity index is 614. The lowest BCUT2D eigenvalue weighted by atomic mass is 10.2. The molecule has 0 saturated heterocycles. The number of rotatable bonds is 5. The van der Waals surface area contributed by atoms with Crippen molar-refractivity contribution in [3.63, 3.8) is 0 Å². The molecule has 0 bridgehead atoms. The van der Waals surface area contributed by atoms with E-state index in [4.69, 9.17) is 0 Å². The second kappa shape index (κ2) is 4.99. The lowest BCUT2D eigenvalue weighted by Gasteiger charge is -2.07.